The van der Waals surface area contributed by atoms with Gasteiger partial charge in [0.15, 0.2) is 6.29 Å². The van der Waals surface area contributed by atoms with E-state index in [4.69, 9.17) is 14.6 Å². The molecule has 0 radical (unpaired) electrons. The summed E-state index contributed by atoms with van der Waals surface area (Å²) >= 11 is 0. The first-order valence-electron chi connectivity index (χ1n) is 16.1. The molecule has 0 saturated carbocycles. The smallest absolute Gasteiger partial charge is 0.186 e. The van der Waals surface area contributed by atoms with Gasteiger partial charge in [0.1, 0.15) is 48.8 Å². The Morgan fingerprint density at radius 3 is 1.38 bits per heavy atom. The molecule has 10 atom stereocenters. The fourth-order valence-electron chi connectivity index (χ4n) is 5.27. The second-order valence-electron chi connectivity index (χ2n) is 11.8. The zero-order chi connectivity index (χ0) is 31.3. The third-order valence-corrected chi connectivity index (χ3v) is 8.20. The fraction of sp³-hybridized carbons (Fsp3) is 1.00. The third kappa shape index (κ3) is 15.5. The molecule has 0 aromatic heterocycles. The van der Waals surface area contributed by atoms with Gasteiger partial charge >= 0.3 is 0 Å². The summed E-state index contributed by atoms with van der Waals surface area (Å²) in [5, 5.41) is 96.3. The Hall–Kier alpha value is -0.480. The Bertz CT molecular complexity index is 627. The van der Waals surface area contributed by atoms with Crippen LogP contribution in [0.4, 0.5) is 0 Å². The highest BCUT2D eigenvalue weighted by atomic mass is 16.7. The number of ether oxygens (including phenoxy) is 2. The molecule has 1 saturated heterocycles. The van der Waals surface area contributed by atoms with Crippen molar-refractivity contribution in [2.24, 2.45) is 0 Å². The van der Waals surface area contributed by atoms with Gasteiger partial charge in [0.05, 0.1) is 19.3 Å². The van der Waals surface area contributed by atoms with Crippen LogP contribution in [0.25, 0.3) is 0 Å². The molecule has 42 heavy (non-hydrogen) atoms. The lowest BCUT2D eigenvalue weighted by atomic mass is 9.96. The van der Waals surface area contributed by atoms with E-state index in [1.807, 2.05) is 0 Å². The summed E-state index contributed by atoms with van der Waals surface area (Å²) in [6.45, 7) is -0.827. The molecule has 0 spiro atoms. The van der Waals surface area contributed by atoms with Crippen LogP contribution < -0.4 is 0 Å². The summed E-state index contributed by atoms with van der Waals surface area (Å²) in [6, 6.07) is 0. The van der Waals surface area contributed by atoms with Gasteiger partial charge in [-0.15, -0.1) is 0 Å². The van der Waals surface area contributed by atoms with Crippen LogP contribution in [-0.2, 0) is 9.47 Å². The molecule has 0 aromatic carbocycles. The van der Waals surface area contributed by atoms with Crippen LogP contribution >= 0.6 is 0 Å². The van der Waals surface area contributed by atoms with E-state index in [9.17, 15) is 46.0 Å². The quantitative estimate of drug-likeness (QED) is 0.0593. The van der Waals surface area contributed by atoms with Crippen LogP contribution in [0.15, 0.2) is 0 Å². The van der Waals surface area contributed by atoms with Crippen molar-refractivity contribution in [2.75, 3.05) is 19.8 Å². The highest BCUT2D eigenvalue weighted by molar-refractivity contribution is 4.89. The number of hydrogen-bond acceptors (Lipinski definition) is 12. The first-order valence-corrected chi connectivity index (χ1v) is 16.1. The highest BCUT2D eigenvalue weighted by Crippen LogP contribution is 2.22. The summed E-state index contributed by atoms with van der Waals surface area (Å²) < 4.78 is 10.8. The monoisotopic (exact) mass is 612 g/mol. The summed E-state index contributed by atoms with van der Waals surface area (Å²) in [5.41, 5.74) is 0. The molecule has 0 bridgehead atoms. The Kier molecular flexibility index (Phi) is 22.4. The molecule has 252 valence electrons. The first kappa shape index (κ1) is 39.5. The second-order valence-corrected chi connectivity index (χ2v) is 11.8. The van der Waals surface area contributed by atoms with Crippen molar-refractivity contribution in [3.63, 3.8) is 0 Å². The average molecular weight is 613 g/mol. The molecular weight excluding hydrogens is 552 g/mol. The topological polar surface area (TPSA) is 221 Å². The van der Waals surface area contributed by atoms with Gasteiger partial charge in [-0.05, 0) is 12.8 Å². The second kappa shape index (κ2) is 23.8. The van der Waals surface area contributed by atoms with Crippen molar-refractivity contribution in [1.29, 1.82) is 0 Å². The lowest BCUT2D eigenvalue weighted by Crippen LogP contribution is -2.59. The van der Waals surface area contributed by atoms with Crippen molar-refractivity contribution in [3.8, 4) is 0 Å². The van der Waals surface area contributed by atoms with Gasteiger partial charge in [-0.25, -0.2) is 0 Å². The van der Waals surface area contributed by atoms with Gasteiger partial charge in [-0.1, -0.05) is 96.3 Å². The van der Waals surface area contributed by atoms with Crippen molar-refractivity contribution in [2.45, 2.75) is 170 Å². The highest BCUT2D eigenvalue weighted by Gasteiger charge is 2.43. The molecule has 2 unspecified atom stereocenters. The summed E-state index contributed by atoms with van der Waals surface area (Å²) in [4.78, 5) is 0. The Morgan fingerprint density at radius 1 is 0.500 bits per heavy atom. The van der Waals surface area contributed by atoms with Gasteiger partial charge in [0, 0.05) is 6.61 Å². The largest absolute Gasteiger partial charge is 0.394 e. The minimum Gasteiger partial charge on any atom is -0.394 e. The third-order valence-electron chi connectivity index (χ3n) is 8.20. The zero-order valence-electron chi connectivity index (χ0n) is 25.2. The maximum absolute atomic E-state index is 10.0. The molecule has 12 heteroatoms. The van der Waals surface area contributed by atoms with Crippen molar-refractivity contribution in [1.82, 2.24) is 0 Å². The van der Waals surface area contributed by atoms with E-state index in [1.54, 1.807) is 0 Å². The van der Waals surface area contributed by atoms with E-state index in [1.165, 1.54) is 57.8 Å². The van der Waals surface area contributed by atoms with Gasteiger partial charge in [-0.3, -0.25) is 0 Å². The Balaban J connectivity index is 1.86. The maximum Gasteiger partial charge on any atom is 0.186 e. The van der Waals surface area contributed by atoms with Gasteiger partial charge < -0.3 is 60.5 Å². The molecule has 0 aromatic rings. The average Bonchev–Trinajstić information content (AvgIpc) is 3.00. The Labute approximate surface area is 250 Å². The summed E-state index contributed by atoms with van der Waals surface area (Å²) in [5.74, 6) is 0. The van der Waals surface area contributed by atoms with Crippen LogP contribution in [0.5, 0.6) is 0 Å². The lowest BCUT2D eigenvalue weighted by Gasteiger charge is -2.39. The first-order chi connectivity index (χ1) is 20.1. The predicted molar refractivity (Wildman–Crippen MR) is 155 cm³/mol. The molecule has 12 nitrogen and oxygen atoms in total. The van der Waals surface area contributed by atoms with Crippen LogP contribution in [0, 0.1) is 0 Å². The maximum atomic E-state index is 10.0. The molecule has 0 aliphatic carbocycles. The minimum absolute atomic E-state index is 0.292. The molecule has 1 fully saturated rings. The molecule has 1 heterocycles. The van der Waals surface area contributed by atoms with Crippen LogP contribution in [0.3, 0.4) is 0 Å². The normalized spacial score (nSPS) is 26.6. The van der Waals surface area contributed by atoms with Crippen LogP contribution in [0.1, 0.15) is 109 Å². The predicted octanol–water partition coefficient (Wildman–Crippen LogP) is 0.231. The van der Waals surface area contributed by atoms with E-state index >= 15 is 0 Å². The van der Waals surface area contributed by atoms with Gasteiger partial charge in [0.2, 0.25) is 0 Å². The van der Waals surface area contributed by atoms with Crippen molar-refractivity contribution < 1.29 is 60.5 Å². The number of hydrogen-bond donors (Lipinski definition) is 10. The molecule has 1 aliphatic heterocycles. The SMILES string of the molecule is OC[C@@H](O)[C@@H](O)[C@H](O)[C@H](O)C(O)CCCCCCCCCCCCCCCCCCOC1O[C@H](CO)[C@@H](O)[C@H](O)[C@@H]1O. The standard InChI is InChI=1S/C30H60O12/c31-19-22(34)25(36)27(38)24(35)21(33)17-15-13-11-9-7-5-3-1-2-4-6-8-10-12-14-16-18-41-30-29(40)28(39)26(37)23(20-32)42-30/h21-40H,1-20H2/t21?,22-,23-,24-,25-,26-,27-,28+,29+,30?/m1/s1. The van der Waals surface area contributed by atoms with Crippen molar-refractivity contribution >= 4 is 0 Å². The van der Waals surface area contributed by atoms with E-state index in [0.717, 1.165) is 38.5 Å². The lowest BCUT2D eigenvalue weighted by molar-refractivity contribution is -0.301. The van der Waals surface area contributed by atoms with Gasteiger partial charge in [-0.2, -0.15) is 0 Å². The number of rotatable bonds is 26. The van der Waals surface area contributed by atoms with Crippen LogP contribution in [-0.4, -0.2) is 132 Å². The Morgan fingerprint density at radius 2 is 0.929 bits per heavy atom. The van der Waals surface area contributed by atoms with E-state index in [0.29, 0.717) is 19.4 Å². The molecule has 0 amide bonds. The zero-order valence-corrected chi connectivity index (χ0v) is 25.2. The number of aliphatic hydroxyl groups is 10. The molecule has 1 aliphatic rings. The van der Waals surface area contributed by atoms with Crippen molar-refractivity contribution in [3.05, 3.63) is 0 Å². The van der Waals surface area contributed by atoms with E-state index in [-0.39, 0.29) is 0 Å². The molecule has 10 N–H and O–H groups in total. The summed E-state index contributed by atoms with van der Waals surface area (Å²) in [7, 11) is 0. The molecule has 1 rings (SSSR count). The van der Waals surface area contributed by atoms with Gasteiger partial charge in [0.25, 0.3) is 0 Å². The minimum atomic E-state index is -1.73. The summed E-state index contributed by atoms with van der Waals surface area (Å²) in [6.07, 6.45) is 4.06. The number of aliphatic hydroxyl groups excluding tert-OH is 10. The van der Waals surface area contributed by atoms with E-state index < -0.39 is 74.4 Å². The fourth-order valence-corrected chi connectivity index (χ4v) is 5.27. The van der Waals surface area contributed by atoms with Crippen LogP contribution in [0.2, 0.25) is 0 Å². The number of unbranched alkanes of at least 4 members (excludes halogenated alkanes) is 15. The molecular formula is C30H60O12. The van der Waals surface area contributed by atoms with E-state index in [2.05, 4.69) is 0 Å².